The molecule has 0 aliphatic heterocycles. The Balaban J connectivity index is 1.73. The van der Waals surface area contributed by atoms with Crippen molar-refractivity contribution in [2.45, 2.75) is 26.9 Å². The van der Waals surface area contributed by atoms with E-state index in [-0.39, 0.29) is 18.0 Å². The molecule has 0 radical (unpaired) electrons. The molecule has 25 heavy (non-hydrogen) atoms. The number of fused-ring (bicyclic) bond motifs is 1. The number of aryl methyl sites for hydroxylation is 2. The number of carbonyl (C=O) groups is 1. The van der Waals surface area contributed by atoms with Crippen molar-refractivity contribution in [2.24, 2.45) is 0 Å². The number of nitrogens with zero attached hydrogens (tertiary/aromatic N) is 4. The van der Waals surface area contributed by atoms with Gasteiger partial charge in [0.2, 0.25) is 5.91 Å². The third-order valence-corrected chi connectivity index (χ3v) is 4.37. The first-order chi connectivity index (χ1) is 12.0. The van der Waals surface area contributed by atoms with Gasteiger partial charge in [-0.05, 0) is 37.4 Å². The lowest BCUT2D eigenvalue weighted by Gasteiger charge is -2.19. The molecule has 6 nitrogen and oxygen atoms in total. The molecule has 0 aliphatic rings. The quantitative estimate of drug-likeness (QED) is 0.715. The van der Waals surface area contributed by atoms with E-state index in [9.17, 15) is 9.59 Å². The maximum absolute atomic E-state index is 12.6. The number of pyridine rings is 1. The van der Waals surface area contributed by atoms with Crippen LogP contribution in [0.15, 0.2) is 47.3 Å². The Labute approximate surface area is 146 Å². The number of para-hydroxylation sites is 1. The van der Waals surface area contributed by atoms with Gasteiger partial charge in [-0.25, -0.2) is 0 Å². The van der Waals surface area contributed by atoms with E-state index in [1.54, 1.807) is 18.0 Å². The smallest absolute Gasteiger partial charge is 0.251 e. The van der Waals surface area contributed by atoms with E-state index >= 15 is 0 Å². The zero-order chi connectivity index (χ0) is 18.0. The van der Waals surface area contributed by atoms with E-state index in [2.05, 4.69) is 5.10 Å². The van der Waals surface area contributed by atoms with Crippen LogP contribution in [-0.2, 0) is 17.9 Å². The van der Waals surface area contributed by atoms with Crippen molar-refractivity contribution >= 4 is 16.8 Å². The molecular weight excluding hydrogens is 316 g/mol. The van der Waals surface area contributed by atoms with Crippen LogP contribution in [0, 0.1) is 13.8 Å². The maximum Gasteiger partial charge on any atom is 0.251 e. The summed E-state index contributed by atoms with van der Waals surface area (Å²) in [7, 11) is 1.75. The van der Waals surface area contributed by atoms with Crippen LogP contribution in [-0.4, -0.2) is 38.7 Å². The molecule has 1 amide bonds. The van der Waals surface area contributed by atoms with Gasteiger partial charge in [0.05, 0.1) is 17.8 Å². The number of likely N-dealkylation sites (N-methyl/N-ethyl adjacent to an activating group) is 1. The van der Waals surface area contributed by atoms with Crippen molar-refractivity contribution in [3.63, 3.8) is 0 Å². The van der Waals surface area contributed by atoms with Crippen LogP contribution in [0.2, 0.25) is 0 Å². The van der Waals surface area contributed by atoms with Crippen LogP contribution in [0.4, 0.5) is 0 Å². The van der Waals surface area contributed by atoms with Crippen molar-refractivity contribution in [3.8, 4) is 0 Å². The maximum atomic E-state index is 12.6. The molecule has 2 aromatic heterocycles. The van der Waals surface area contributed by atoms with E-state index in [1.165, 1.54) is 10.6 Å². The minimum absolute atomic E-state index is 0.0355. The standard InChI is InChI=1S/C19H22N4O2/c1-14-12-15(2)23(20-14)11-10-21(3)19(25)13-22-17-7-5-4-6-16(17)8-9-18(22)24/h4-9,12H,10-11,13H2,1-3H3. The topological polar surface area (TPSA) is 60.1 Å². The van der Waals surface area contributed by atoms with Crippen molar-refractivity contribution in [2.75, 3.05) is 13.6 Å². The Morgan fingerprint density at radius 2 is 1.92 bits per heavy atom. The molecule has 0 unspecified atom stereocenters. The molecule has 130 valence electrons. The molecule has 0 spiro atoms. The van der Waals surface area contributed by atoms with Gasteiger partial charge >= 0.3 is 0 Å². The van der Waals surface area contributed by atoms with Crippen molar-refractivity contribution in [1.29, 1.82) is 0 Å². The van der Waals surface area contributed by atoms with Crippen molar-refractivity contribution in [1.82, 2.24) is 19.2 Å². The molecule has 0 fully saturated rings. The number of rotatable bonds is 5. The lowest BCUT2D eigenvalue weighted by Crippen LogP contribution is -2.35. The van der Waals surface area contributed by atoms with Gasteiger partial charge in [-0.1, -0.05) is 18.2 Å². The minimum atomic E-state index is -0.168. The van der Waals surface area contributed by atoms with Crippen LogP contribution >= 0.6 is 0 Å². The number of hydrogen-bond acceptors (Lipinski definition) is 3. The first-order valence-corrected chi connectivity index (χ1v) is 8.29. The Morgan fingerprint density at radius 3 is 2.64 bits per heavy atom. The zero-order valence-electron chi connectivity index (χ0n) is 14.8. The van der Waals surface area contributed by atoms with Gasteiger partial charge in [0, 0.05) is 25.4 Å². The van der Waals surface area contributed by atoms with Gasteiger partial charge < -0.3 is 4.90 Å². The van der Waals surface area contributed by atoms with E-state index in [0.29, 0.717) is 13.1 Å². The zero-order valence-corrected chi connectivity index (χ0v) is 14.8. The monoisotopic (exact) mass is 338 g/mol. The van der Waals surface area contributed by atoms with Crippen LogP contribution < -0.4 is 5.56 Å². The van der Waals surface area contributed by atoms with Gasteiger partial charge in [-0.15, -0.1) is 0 Å². The second kappa shape index (κ2) is 6.93. The van der Waals surface area contributed by atoms with Gasteiger partial charge in [-0.2, -0.15) is 5.10 Å². The summed E-state index contributed by atoms with van der Waals surface area (Å²) in [6, 6.07) is 12.9. The average molecular weight is 338 g/mol. The summed E-state index contributed by atoms with van der Waals surface area (Å²) in [6.07, 6.45) is 0. The number of carbonyl (C=O) groups excluding carboxylic acids is 1. The predicted molar refractivity (Wildman–Crippen MR) is 97.5 cm³/mol. The number of benzene rings is 1. The summed E-state index contributed by atoms with van der Waals surface area (Å²) in [5.74, 6) is -0.0972. The summed E-state index contributed by atoms with van der Waals surface area (Å²) in [4.78, 5) is 26.4. The van der Waals surface area contributed by atoms with Crippen LogP contribution in [0.1, 0.15) is 11.4 Å². The molecule has 0 aliphatic carbocycles. The van der Waals surface area contributed by atoms with Crippen LogP contribution in [0.25, 0.3) is 10.9 Å². The molecule has 0 saturated heterocycles. The first kappa shape index (κ1) is 17.0. The Hall–Kier alpha value is -2.89. The first-order valence-electron chi connectivity index (χ1n) is 8.29. The third kappa shape index (κ3) is 3.63. The highest BCUT2D eigenvalue weighted by Crippen LogP contribution is 2.11. The van der Waals surface area contributed by atoms with E-state index in [0.717, 1.165) is 22.3 Å². The van der Waals surface area contributed by atoms with Crippen molar-refractivity contribution < 1.29 is 4.79 Å². The summed E-state index contributed by atoms with van der Waals surface area (Å²) >= 11 is 0. The Kier molecular flexibility index (Phi) is 4.70. The highest BCUT2D eigenvalue weighted by atomic mass is 16.2. The molecule has 3 aromatic rings. The fourth-order valence-corrected chi connectivity index (χ4v) is 2.93. The Morgan fingerprint density at radius 1 is 1.16 bits per heavy atom. The van der Waals surface area contributed by atoms with Gasteiger partial charge in [0.25, 0.3) is 5.56 Å². The van der Waals surface area contributed by atoms with E-state index < -0.39 is 0 Å². The second-order valence-electron chi connectivity index (χ2n) is 6.28. The largest absolute Gasteiger partial charge is 0.342 e. The SMILES string of the molecule is Cc1cc(C)n(CCN(C)C(=O)Cn2c(=O)ccc3ccccc32)n1. The van der Waals surface area contributed by atoms with E-state index in [1.807, 2.05) is 48.9 Å². The fourth-order valence-electron chi connectivity index (χ4n) is 2.93. The highest BCUT2D eigenvalue weighted by Gasteiger charge is 2.13. The molecule has 2 heterocycles. The van der Waals surface area contributed by atoms with Crippen LogP contribution in [0.5, 0.6) is 0 Å². The van der Waals surface area contributed by atoms with Gasteiger partial charge in [-0.3, -0.25) is 18.8 Å². The van der Waals surface area contributed by atoms with E-state index in [4.69, 9.17) is 0 Å². The second-order valence-corrected chi connectivity index (χ2v) is 6.28. The number of amides is 1. The summed E-state index contributed by atoms with van der Waals surface area (Å²) in [5, 5.41) is 5.35. The lowest BCUT2D eigenvalue weighted by atomic mass is 10.2. The molecule has 6 heteroatoms. The minimum Gasteiger partial charge on any atom is -0.342 e. The number of aromatic nitrogens is 3. The summed E-state index contributed by atoms with van der Waals surface area (Å²) < 4.78 is 3.42. The molecule has 0 atom stereocenters. The molecule has 0 N–H and O–H groups in total. The molecule has 0 saturated carbocycles. The van der Waals surface area contributed by atoms with Gasteiger partial charge in [0.15, 0.2) is 0 Å². The highest BCUT2D eigenvalue weighted by molar-refractivity contribution is 5.82. The Bertz CT molecular complexity index is 971. The van der Waals surface area contributed by atoms with Gasteiger partial charge in [0.1, 0.15) is 6.54 Å². The fraction of sp³-hybridized carbons (Fsp3) is 0.316. The molecule has 3 rings (SSSR count). The molecular formula is C19H22N4O2. The molecule has 0 bridgehead atoms. The average Bonchev–Trinajstić information content (AvgIpc) is 2.92. The third-order valence-electron chi connectivity index (χ3n) is 4.37. The lowest BCUT2D eigenvalue weighted by molar-refractivity contribution is -0.130. The normalized spacial score (nSPS) is 11.0. The summed E-state index contributed by atoms with van der Waals surface area (Å²) in [5.41, 5.74) is 2.65. The van der Waals surface area contributed by atoms with Crippen LogP contribution in [0.3, 0.4) is 0 Å². The predicted octanol–water partition coefficient (Wildman–Crippen LogP) is 1.97. The summed E-state index contributed by atoms with van der Waals surface area (Å²) in [6.45, 7) is 5.16. The molecule has 1 aromatic carbocycles. The van der Waals surface area contributed by atoms with Crippen molar-refractivity contribution in [3.05, 3.63) is 64.2 Å². The number of hydrogen-bond donors (Lipinski definition) is 0.